The SMILES string of the molecule is CCOc1ccccc1C1(CN)CCC1. The zero-order valence-electron chi connectivity index (χ0n) is 9.33. The number of ether oxygens (including phenoxy) is 1. The lowest BCUT2D eigenvalue weighted by Gasteiger charge is -2.42. The highest BCUT2D eigenvalue weighted by atomic mass is 16.5. The lowest BCUT2D eigenvalue weighted by Crippen LogP contribution is -2.41. The Balaban J connectivity index is 2.33. The first-order valence-corrected chi connectivity index (χ1v) is 5.75. The van der Waals surface area contributed by atoms with Crippen molar-refractivity contribution in [2.75, 3.05) is 13.2 Å². The van der Waals surface area contributed by atoms with Crippen molar-refractivity contribution in [3.05, 3.63) is 29.8 Å². The molecule has 82 valence electrons. The first kappa shape index (κ1) is 10.5. The minimum atomic E-state index is 0.200. The molecular formula is C13H19NO. The Kier molecular flexibility index (Phi) is 2.96. The first-order chi connectivity index (χ1) is 7.32. The van der Waals surface area contributed by atoms with Gasteiger partial charge in [-0.1, -0.05) is 24.6 Å². The van der Waals surface area contributed by atoms with E-state index in [1.165, 1.54) is 24.8 Å². The molecule has 1 aliphatic carbocycles. The van der Waals surface area contributed by atoms with E-state index in [0.29, 0.717) is 0 Å². The third-order valence-electron chi connectivity index (χ3n) is 3.46. The molecule has 1 aliphatic rings. The highest BCUT2D eigenvalue weighted by molar-refractivity contribution is 5.41. The van der Waals surface area contributed by atoms with Gasteiger partial charge in [0.15, 0.2) is 0 Å². The van der Waals surface area contributed by atoms with E-state index < -0.39 is 0 Å². The number of para-hydroxylation sites is 1. The molecule has 1 saturated carbocycles. The topological polar surface area (TPSA) is 35.2 Å². The number of benzene rings is 1. The van der Waals surface area contributed by atoms with Crippen LogP contribution in [0.3, 0.4) is 0 Å². The Hall–Kier alpha value is -1.02. The van der Waals surface area contributed by atoms with E-state index in [1.807, 2.05) is 13.0 Å². The molecule has 0 aliphatic heterocycles. The summed E-state index contributed by atoms with van der Waals surface area (Å²) >= 11 is 0. The fourth-order valence-electron chi connectivity index (χ4n) is 2.37. The fraction of sp³-hybridized carbons (Fsp3) is 0.538. The predicted octanol–water partition coefficient (Wildman–Crippen LogP) is 2.47. The van der Waals surface area contributed by atoms with Crippen LogP contribution in [0.25, 0.3) is 0 Å². The van der Waals surface area contributed by atoms with Crippen LogP contribution >= 0.6 is 0 Å². The highest BCUT2D eigenvalue weighted by Crippen LogP contribution is 2.46. The summed E-state index contributed by atoms with van der Waals surface area (Å²) in [5.41, 5.74) is 7.42. The minimum absolute atomic E-state index is 0.200. The molecule has 2 nitrogen and oxygen atoms in total. The van der Waals surface area contributed by atoms with Crippen molar-refractivity contribution >= 4 is 0 Å². The summed E-state index contributed by atoms with van der Waals surface area (Å²) < 4.78 is 5.67. The second kappa shape index (κ2) is 4.23. The van der Waals surface area contributed by atoms with Gasteiger partial charge in [-0.2, -0.15) is 0 Å². The maximum Gasteiger partial charge on any atom is 0.123 e. The molecule has 2 rings (SSSR count). The molecular weight excluding hydrogens is 186 g/mol. The number of rotatable bonds is 4. The summed E-state index contributed by atoms with van der Waals surface area (Å²) in [5.74, 6) is 1.02. The van der Waals surface area contributed by atoms with E-state index in [0.717, 1.165) is 18.9 Å². The summed E-state index contributed by atoms with van der Waals surface area (Å²) in [6.45, 7) is 3.47. The summed E-state index contributed by atoms with van der Waals surface area (Å²) in [5, 5.41) is 0. The van der Waals surface area contributed by atoms with Gasteiger partial charge in [0.2, 0.25) is 0 Å². The average Bonchev–Trinajstić information content (AvgIpc) is 2.20. The Morgan fingerprint density at radius 3 is 2.60 bits per heavy atom. The van der Waals surface area contributed by atoms with Gasteiger partial charge in [0, 0.05) is 17.5 Å². The number of nitrogens with two attached hydrogens (primary N) is 1. The third-order valence-corrected chi connectivity index (χ3v) is 3.46. The molecule has 1 aromatic carbocycles. The molecule has 2 heteroatoms. The van der Waals surface area contributed by atoms with E-state index in [4.69, 9.17) is 10.5 Å². The molecule has 1 aromatic rings. The second-order valence-electron chi connectivity index (χ2n) is 4.27. The van der Waals surface area contributed by atoms with Crippen LogP contribution in [0.1, 0.15) is 31.7 Å². The first-order valence-electron chi connectivity index (χ1n) is 5.75. The second-order valence-corrected chi connectivity index (χ2v) is 4.27. The van der Waals surface area contributed by atoms with Crippen molar-refractivity contribution in [2.24, 2.45) is 5.73 Å². The maximum absolute atomic E-state index is 5.91. The fourth-order valence-corrected chi connectivity index (χ4v) is 2.37. The van der Waals surface area contributed by atoms with Crippen LogP contribution in [0, 0.1) is 0 Å². The van der Waals surface area contributed by atoms with Crippen molar-refractivity contribution in [3.8, 4) is 5.75 Å². The van der Waals surface area contributed by atoms with Crippen LogP contribution < -0.4 is 10.5 Å². The zero-order valence-corrected chi connectivity index (χ0v) is 9.33. The molecule has 0 amide bonds. The van der Waals surface area contributed by atoms with Gasteiger partial charge < -0.3 is 10.5 Å². The molecule has 2 N–H and O–H groups in total. The van der Waals surface area contributed by atoms with Crippen LogP contribution in [0.4, 0.5) is 0 Å². The van der Waals surface area contributed by atoms with Gasteiger partial charge >= 0.3 is 0 Å². The van der Waals surface area contributed by atoms with Gasteiger partial charge in [-0.3, -0.25) is 0 Å². The Morgan fingerprint density at radius 2 is 2.07 bits per heavy atom. The van der Waals surface area contributed by atoms with Crippen molar-refractivity contribution in [1.82, 2.24) is 0 Å². The van der Waals surface area contributed by atoms with E-state index in [9.17, 15) is 0 Å². The largest absolute Gasteiger partial charge is 0.494 e. The van der Waals surface area contributed by atoms with E-state index in [1.54, 1.807) is 0 Å². The van der Waals surface area contributed by atoms with E-state index in [-0.39, 0.29) is 5.41 Å². The molecule has 0 spiro atoms. The molecule has 0 aromatic heterocycles. The third kappa shape index (κ3) is 1.74. The molecule has 1 fully saturated rings. The molecule has 0 atom stereocenters. The average molecular weight is 205 g/mol. The van der Waals surface area contributed by atoms with Gasteiger partial charge in [-0.15, -0.1) is 0 Å². The van der Waals surface area contributed by atoms with E-state index >= 15 is 0 Å². The van der Waals surface area contributed by atoms with Crippen LogP contribution in [-0.2, 0) is 5.41 Å². The van der Waals surface area contributed by atoms with Gasteiger partial charge in [0.05, 0.1) is 6.61 Å². The van der Waals surface area contributed by atoms with Gasteiger partial charge in [-0.05, 0) is 25.8 Å². The van der Waals surface area contributed by atoms with Crippen LogP contribution in [-0.4, -0.2) is 13.2 Å². The lowest BCUT2D eigenvalue weighted by atomic mass is 9.64. The molecule has 0 radical (unpaired) electrons. The quantitative estimate of drug-likeness (QED) is 0.819. The van der Waals surface area contributed by atoms with Crippen LogP contribution in [0.2, 0.25) is 0 Å². The molecule has 0 heterocycles. The molecule has 0 bridgehead atoms. The maximum atomic E-state index is 5.91. The highest BCUT2D eigenvalue weighted by Gasteiger charge is 2.39. The summed E-state index contributed by atoms with van der Waals surface area (Å²) in [7, 11) is 0. The smallest absolute Gasteiger partial charge is 0.123 e. The monoisotopic (exact) mass is 205 g/mol. The zero-order chi connectivity index (χ0) is 10.7. The Morgan fingerprint density at radius 1 is 1.33 bits per heavy atom. The van der Waals surface area contributed by atoms with Crippen molar-refractivity contribution < 1.29 is 4.74 Å². The number of hydrogen-bond donors (Lipinski definition) is 1. The van der Waals surface area contributed by atoms with Gasteiger partial charge in [-0.25, -0.2) is 0 Å². The van der Waals surface area contributed by atoms with Crippen molar-refractivity contribution in [1.29, 1.82) is 0 Å². The van der Waals surface area contributed by atoms with Crippen molar-refractivity contribution in [3.63, 3.8) is 0 Å². The Bertz CT molecular complexity index is 326. The number of hydrogen-bond acceptors (Lipinski definition) is 2. The van der Waals surface area contributed by atoms with E-state index in [2.05, 4.69) is 18.2 Å². The molecule has 0 saturated heterocycles. The summed E-state index contributed by atoms with van der Waals surface area (Å²) in [6, 6.07) is 8.32. The molecule has 0 unspecified atom stereocenters. The normalized spacial score (nSPS) is 18.3. The summed E-state index contributed by atoms with van der Waals surface area (Å²) in [4.78, 5) is 0. The molecule has 15 heavy (non-hydrogen) atoms. The van der Waals surface area contributed by atoms with Gasteiger partial charge in [0.25, 0.3) is 0 Å². The summed E-state index contributed by atoms with van der Waals surface area (Å²) in [6.07, 6.45) is 3.69. The van der Waals surface area contributed by atoms with Crippen LogP contribution in [0.5, 0.6) is 5.75 Å². The van der Waals surface area contributed by atoms with Crippen LogP contribution in [0.15, 0.2) is 24.3 Å². The standard InChI is InChI=1S/C13H19NO/c1-2-15-12-7-4-3-6-11(12)13(10-14)8-5-9-13/h3-4,6-7H,2,5,8-10,14H2,1H3. The lowest BCUT2D eigenvalue weighted by molar-refractivity contribution is 0.238. The Labute approximate surface area is 91.4 Å². The van der Waals surface area contributed by atoms with Gasteiger partial charge in [0.1, 0.15) is 5.75 Å². The predicted molar refractivity (Wildman–Crippen MR) is 62.2 cm³/mol. The minimum Gasteiger partial charge on any atom is -0.494 e. The van der Waals surface area contributed by atoms with Crippen molar-refractivity contribution in [2.45, 2.75) is 31.6 Å².